The van der Waals surface area contributed by atoms with Gasteiger partial charge in [-0.2, -0.15) is 10.2 Å². The highest BCUT2D eigenvalue weighted by Crippen LogP contribution is 2.36. The van der Waals surface area contributed by atoms with Gasteiger partial charge < -0.3 is 14.4 Å². The topological polar surface area (TPSA) is 98.2 Å². The number of rotatable bonds is 6. The summed E-state index contributed by atoms with van der Waals surface area (Å²) in [5, 5.41) is 11.7. The fourth-order valence-corrected chi connectivity index (χ4v) is 3.44. The highest BCUT2D eigenvalue weighted by atomic mass is 16.5. The number of hydrogen-bond acceptors (Lipinski definition) is 6. The van der Waals surface area contributed by atoms with Crippen LogP contribution in [0.15, 0.2) is 30.9 Å². The molecular formula is C19H22N6O3. The molecule has 9 heteroatoms. The molecule has 0 bridgehead atoms. The summed E-state index contributed by atoms with van der Waals surface area (Å²) < 4.78 is 12.5. The van der Waals surface area contributed by atoms with Crippen molar-refractivity contribution in [2.24, 2.45) is 0 Å². The Kier molecular flexibility index (Phi) is 4.96. The number of fused-ring (bicyclic) bond motifs is 1. The third-order valence-corrected chi connectivity index (χ3v) is 4.97. The van der Waals surface area contributed by atoms with E-state index in [1.54, 1.807) is 25.2 Å². The first-order chi connectivity index (χ1) is 13.7. The third kappa shape index (κ3) is 3.42. The van der Waals surface area contributed by atoms with E-state index >= 15 is 0 Å². The molecule has 0 aliphatic carbocycles. The Morgan fingerprint density at radius 2 is 2.18 bits per heavy atom. The highest BCUT2D eigenvalue weighted by molar-refractivity contribution is 5.78. The molecule has 1 N–H and O–H groups in total. The van der Waals surface area contributed by atoms with E-state index < -0.39 is 0 Å². The van der Waals surface area contributed by atoms with E-state index in [2.05, 4.69) is 20.3 Å². The van der Waals surface area contributed by atoms with E-state index in [0.29, 0.717) is 31.8 Å². The fraction of sp³-hybridized carbons (Fsp3) is 0.368. The van der Waals surface area contributed by atoms with Gasteiger partial charge in [-0.25, -0.2) is 4.98 Å². The lowest BCUT2D eigenvalue weighted by Crippen LogP contribution is -2.36. The van der Waals surface area contributed by atoms with E-state index in [9.17, 15) is 4.79 Å². The Balaban J connectivity index is 1.54. The Hall–Kier alpha value is -3.36. The summed E-state index contributed by atoms with van der Waals surface area (Å²) in [6.45, 7) is 1.71. The van der Waals surface area contributed by atoms with E-state index in [1.165, 1.54) is 6.33 Å². The molecule has 3 heterocycles. The second-order valence-corrected chi connectivity index (χ2v) is 6.57. The van der Waals surface area contributed by atoms with Crippen LogP contribution in [0.1, 0.15) is 17.7 Å². The number of carbonyl (C=O) groups excluding carboxylic acids is 1. The molecule has 28 heavy (non-hydrogen) atoms. The van der Waals surface area contributed by atoms with Crippen LogP contribution in [0.5, 0.6) is 11.5 Å². The standard InChI is InChI=1S/C19H22N6O3/c1-27-13-3-4-14(17(9-13)28-2)19-15-10-24(7-5-16(15)22-23-19)18(26)6-8-25-12-20-11-21-25/h3-4,9,11-12H,5-8,10H2,1-2H3,(H,22,23). The number of nitrogens with zero attached hydrogens (tertiary/aromatic N) is 5. The summed E-state index contributed by atoms with van der Waals surface area (Å²) in [5.41, 5.74) is 3.78. The van der Waals surface area contributed by atoms with Gasteiger partial charge in [-0.15, -0.1) is 0 Å². The number of carbonyl (C=O) groups is 1. The number of methoxy groups -OCH3 is 2. The van der Waals surface area contributed by atoms with Gasteiger partial charge in [0.25, 0.3) is 0 Å². The zero-order valence-electron chi connectivity index (χ0n) is 15.9. The van der Waals surface area contributed by atoms with Crippen molar-refractivity contribution >= 4 is 5.91 Å². The van der Waals surface area contributed by atoms with Gasteiger partial charge >= 0.3 is 0 Å². The minimum absolute atomic E-state index is 0.0926. The normalized spacial score (nSPS) is 13.3. The van der Waals surface area contributed by atoms with Crippen LogP contribution in [0.4, 0.5) is 0 Å². The number of H-pyrrole nitrogens is 1. The van der Waals surface area contributed by atoms with Crippen molar-refractivity contribution in [1.82, 2.24) is 29.9 Å². The van der Waals surface area contributed by atoms with Crippen LogP contribution in [0.2, 0.25) is 0 Å². The molecule has 1 amide bonds. The first-order valence-corrected chi connectivity index (χ1v) is 9.08. The maximum atomic E-state index is 12.7. The largest absolute Gasteiger partial charge is 0.497 e. The zero-order valence-corrected chi connectivity index (χ0v) is 15.9. The van der Waals surface area contributed by atoms with Crippen molar-refractivity contribution < 1.29 is 14.3 Å². The molecule has 3 aromatic rings. The molecule has 9 nitrogen and oxygen atoms in total. The Morgan fingerprint density at radius 1 is 1.29 bits per heavy atom. The van der Waals surface area contributed by atoms with Crippen molar-refractivity contribution in [3.8, 4) is 22.8 Å². The molecule has 0 fully saturated rings. The average molecular weight is 382 g/mol. The summed E-state index contributed by atoms with van der Waals surface area (Å²) in [5.74, 6) is 1.49. The van der Waals surface area contributed by atoms with E-state index in [1.807, 2.05) is 23.1 Å². The van der Waals surface area contributed by atoms with Crippen LogP contribution >= 0.6 is 0 Å². The lowest BCUT2D eigenvalue weighted by atomic mass is 10.00. The molecule has 0 unspecified atom stereocenters. The first kappa shape index (κ1) is 18.0. The Labute approximate surface area is 162 Å². The van der Waals surface area contributed by atoms with Gasteiger partial charge in [0.15, 0.2) is 0 Å². The highest BCUT2D eigenvalue weighted by Gasteiger charge is 2.26. The van der Waals surface area contributed by atoms with Crippen molar-refractivity contribution in [3.63, 3.8) is 0 Å². The predicted octanol–water partition coefficient (Wildman–Crippen LogP) is 1.66. The minimum Gasteiger partial charge on any atom is -0.497 e. The van der Waals surface area contributed by atoms with Crippen molar-refractivity contribution in [1.29, 1.82) is 0 Å². The van der Waals surface area contributed by atoms with Gasteiger partial charge in [-0.3, -0.25) is 14.6 Å². The number of ether oxygens (including phenoxy) is 2. The van der Waals surface area contributed by atoms with E-state index in [-0.39, 0.29) is 5.91 Å². The van der Waals surface area contributed by atoms with Crippen LogP contribution in [-0.4, -0.2) is 56.5 Å². The second kappa shape index (κ2) is 7.71. The maximum absolute atomic E-state index is 12.7. The van der Waals surface area contributed by atoms with Crippen molar-refractivity contribution in [2.75, 3.05) is 20.8 Å². The molecule has 4 rings (SSSR count). The molecule has 0 saturated carbocycles. The fourth-order valence-electron chi connectivity index (χ4n) is 3.44. The number of benzene rings is 1. The van der Waals surface area contributed by atoms with Crippen molar-refractivity contribution in [2.45, 2.75) is 25.9 Å². The lowest BCUT2D eigenvalue weighted by Gasteiger charge is -2.27. The van der Waals surface area contributed by atoms with Crippen LogP contribution in [0.25, 0.3) is 11.3 Å². The van der Waals surface area contributed by atoms with Gasteiger partial charge in [0.2, 0.25) is 5.91 Å². The monoisotopic (exact) mass is 382 g/mol. The summed E-state index contributed by atoms with van der Waals surface area (Å²) in [7, 11) is 3.24. The number of aromatic nitrogens is 5. The van der Waals surface area contributed by atoms with Gasteiger partial charge in [0.05, 0.1) is 20.8 Å². The first-order valence-electron chi connectivity index (χ1n) is 9.08. The molecule has 0 atom stereocenters. The lowest BCUT2D eigenvalue weighted by molar-refractivity contribution is -0.132. The summed E-state index contributed by atoms with van der Waals surface area (Å²) in [6.07, 6.45) is 4.22. The maximum Gasteiger partial charge on any atom is 0.224 e. The molecule has 0 saturated heterocycles. The Bertz CT molecular complexity index is 966. The quantitative estimate of drug-likeness (QED) is 0.696. The molecule has 0 spiro atoms. The van der Waals surface area contributed by atoms with Crippen molar-refractivity contribution in [3.05, 3.63) is 42.1 Å². The smallest absolute Gasteiger partial charge is 0.224 e. The third-order valence-electron chi connectivity index (χ3n) is 4.97. The number of amides is 1. The van der Waals surface area contributed by atoms with Crippen LogP contribution < -0.4 is 9.47 Å². The second-order valence-electron chi connectivity index (χ2n) is 6.57. The summed E-state index contributed by atoms with van der Waals surface area (Å²) >= 11 is 0. The zero-order chi connectivity index (χ0) is 19.5. The molecule has 1 aliphatic heterocycles. The predicted molar refractivity (Wildman–Crippen MR) is 101 cm³/mol. The number of hydrogen-bond donors (Lipinski definition) is 1. The summed E-state index contributed by atoms with van der Waals surface area (Å²) in [6, 6.07) is 5.64. The van der Waals surface area contributed by atoms with Gasteiger partial charge in [-0.05, 0) is 12.1 Å². The molecule has 1 aromatic carbocycles. The van der Waals surface area contributed by atoms with Gasteiger partial charge in [-0.1, -0.05) is 0 Å². The number of aryl methyl sites for hydroxylation is 1. The van der Waals surface area contributed by atoms with E-state index in [4.69, 9.17) is 9.47 Å². The Morgan fingerprint density at radius 3 is 2.93 bits per heavy atom. The molecule has 2 aromatic heterocycles. The molecule has 1 aliphatic rings. The average Bonchev–Trinajstić information content (AvgIpc) is 3.40. The van der Waals surface area contributed by atoms with Crippen LogP contribution in [-0.2, 0) is 24.3 Å². The molecule has 0 radical (unpaired) electrons. The SMILES string of the molecule is COc1ccc(-c2n[nH]c3c2CN(C(=O)CCn2cncn2)CC3)c(OC)c1. The molecule has 146 valence electrons. The van der Waals surface area contributed by atoms with Gasteiger partial charge in [0, 0.05) is 48.8 Å². The molecular weight excluding hydrogens is 360 g/mol. The van der Waals surface area contributed by atoms with Crippen LogP contribution in [0.3, 0.4) is 0 Å². The van der Waals surface area contributed by atoms with E-state index in [0.717, 1.165) is 34.7 Å². The van der Waals surface area contributed by atoms with Crippen LogP contribution in [0, 0.1) is 0 Å². The van der Waals surface area contributed by atoms with Gasteiger partial charge in [0.1, 0.15) is 29.8 Å². The summed E-state index contributed by atoms with van der Waals surface area (Å²) in [4.78, 5) is 18.4. The number of aromatic amines is 1. The minimum atomic E-state index is 0.0926. The number of nitrogens with one attached hydrogen (secondary N) is 1.